The lowest BCUT2D eigenvalue weighted by atomic mass is 10.1. The van der Waals surface area contributed by atoms with E-state index in [4.69, 9.17) is 11.6 Å². The van der Waals surface area contributed by atoms with Gasteiger partial charge in [-0.3, -0.25) is 4.79 Å². The third kappa shape index (κ3) is 4.14. The molecule has 0 radical (unpaired) electrons. The maximum atomic E-state index is 11.9. The van der Waals surface area contributed by atoms with Crippen molar-refractivity contribution in [2.45, 2.75) is 12.8 Å². The largest absolute Gasteiger partial charge is 0.573 e. The number of aromatic hydroxyl groups is 1. The first-order chi connectivity index (χ1) is 7.83. The summed E-state index contributed by atoms with van der Waals surface area (Å²) in [5.41, 5.74) is -0.243. The number of halogens is 4. The van der Waals surface area contributed by atoms with Gasteiger partial charge in [-0.15, -0.1) is 24.8 Å². The molecule has 1 aromatic rings. The summed E-state index contributed by atoms with van der Waals surface area (Å²) in [6, 6.07) is 2.71. The highest BCUT2D eigenvalue weighted by Gasteiger charge is 2.31. The van der Waals surface area contributed by atoms with E-state index in [2.05, 4.69) is 4.74 Å². The fraction of sp³-hybridized carbons (Fsp3) is 0.300. The molecule has 0 aromatic heterocycles. The molecule has 0 saturated heterocycles. The van der Waals surface area contributed by atoms with Crippen molar-refractivity contribution in [3.63, 3.8) is 0 Å². The molecule has 0 spiro atoms. The second kappa shape index (κ2) is 5.27. The van der Waals surface area contributed by atoms with Gasteiger partial charge in [0.05, 0.1) is 5.56 Å². The van der Waals surface area contributed by atoms with Crippen LogP contribution in [-0.2, 0) is 0 Å². The topological polar surface area (TPSA) is 46.5 Å². The van der Waals surface area contributed by atoms with Crippen LogP contribution in [0.25, 0.3) is 0 Å². The van der Waals surface area contributed by atoms with E-state index in [0.717, 1.165) is 18.2 Å². The quantitative estimate of drug-likeness (QED) is 0.674. The van der Waals surface area contributed by atoms with Crippen LogP contribution in [0.3, 0.4) is 0 Å². The second-order valence-electron chi connectivity index (χ2n) is 3.09. The molecule has 1 N–H and O–H groups in total. The molecule has 7 heteroatoms. The third-order valence-corrected chi connectivity index (χ3v) is 2.01. The van der Waals surface area contributed by atoms with E-state index in [1.807, 2.05) is 0 Å². The molecular weight excluding hydrogens is 261 g/mol. The molecule has 0 bridgehead atoms. The van der Waals surface area contributed by atoms with E-state index in [9.17, 15) is 23.1 Å². The monoisotopic (exact) mass is 268 g/mol. The minimum absolute atomic E-state index is 0.0165. The van der Waals surface area contributed by atoms with Gasteiger partial charge in [0.25, 0.3) is 0 Å². The van der Waals surface area contributed by atoms with Crippen LogP contribution in [0, 0.1) is 0 Å². The van der Waals surface area contributed by atoms with Gasteiger partial charge in [0.2, 0.25) is 0 Å². The number of ether oxygens (including phenoxy) is 1. The number of ketones is 1. The van der Waals surface area contributed by atoms with Crippen LogP contribution in [-0.4, -0.2) is 23.1 Å². The van der Waals surface area contributed by atoms with E-state index in [0.29, 0.717) is 0 Å². The van der Waals surface area contributed by atoms with Crippen molar-refractivity contribution in [3.05, 3.63) is 23.8 Å². The molecule has 0 saturated carbocycles. The zero-order valence-electron chi connectivity index (χ0n) is 8.42. The van der Waals surface area contributed by atoms with E-state index >= 15 is 0 Å². The van der Waals surface area contributed by atoms with E-state index in [-0.39, 0.29) is 17.9 Å². The average Bonchev–Trinajstić information content (AvgIpc) is 2.19. The average molecular weight is 269 g/mol. The number of hydrogen-bond donors (Lipinski definition) is 1. The number of carbonyl (C=O) groups is 1. The Kier molecular flexibility index (Phi) is 4.22. The van der Waals surface area contributed by atoms with Crippen molar-refractivity contribution in [2.24, 2.45) is 0 Å². The summed E-state index contributed by atoms with van der Waals surface area (Å²) >= 11 is 5.33. The van der Waals surface area contributed by atoms with Gasteiger partial charge in [-0.1, -0.05) is 0 Å². The number of rotatable bonds is 4. The minimum atomic E-state index is -4.84. The highest BCUT2D eigenvalue weighted by Crippen LogP contribution is 2.28. The summed E-state index contributed by atoms with van der Waals surface area (Å²) in [6.07, 6.45) is -4.92. The SMILES string of the molecule is O=C(CCCl)c1cc(OC(F)(F)F)ccc1O. The van der Waals surface area contributed by atoms with E-state index < -0.39 is 23.6 Å². The zero-order chi connectivity index (χ0) is 13.1. The van der Waals surface area contributed by atoms with Crippen LogP contribution in [0.4, 0.5) is 13.2 Å². The van der Waals surface area contributed by atoms with Gasteiger partial charge in [0, 0.05) is 12.3 Å². The molecule has 0 heterocycles. The molecule has 1 rings (SSSR count). The maximum Gasteiger partial charge on any atom is 0.573 e. The maximum absolute atomic E-state index is 11.9. The first-order valence-corrected chi connectivity index (χ1v) is 5.05. The number of phenols is 1. The van der Waals surface area contributed by atoms with E-state index in [1.54, 1.807) is 0 Å². The lowest BCUT2D eigenvalue weighted by Gasteiger charge is -2.10. The Hall–Kier alpha value is -1.43. The van der Waals surface area contributed by atoms with Gasteiger partial charge in [-0.25, -0.2) is 0 Å². The first kappa shape index (κ1) is 13.6. The number of carbonyl (C=O) groups excluding carboxylic acids is 1. The van der Waals surface area contributed by atoms with Gasteiger partial charge in [-0.05, 0) is 18.2 Å². The van der Waals surface area contributed by atoms with Crippen molar-refractivity contribution >= 4 is 17.4 Å². The van der Waals surface area contributed by atoms with Crippen molar-refractivity contribution < 1.29 is 27.8 Å². The van der Waals surface area contributed by atoms with Gasteiger partial charge in [-0.2, -0.15) is 0 Å². The summed E-state index contributed by atoms with van der Waals surface area (Å²) < 4.78 is 39.4. The Morgan fingerprint density at radius 1 is 1.41 bits per heavy atom. The predicted octanol–water partition coefficient (Wildman–Crippen LogP) is 3.10. The van der Waals surface area contributed by atoms with Crippen molar-refractivity contribution in [2.75, 3.05) is 5.88 Å². The van der Waals surface area contributed by atoms with Crippen LogP contribution in [0.2, 0.25) is 0 Å². The Morgan fingerprint density at radius 2 is 2.06 bits per heavy atom. The number of hydrogen-bond acceptors (Lipinski definition) is 3. The molecule has 0 unspecified atom stereocenters. The van der Waals surface area contributed by atoms with Gasteiger partial charge in [0.15, 0.2) is 5.78 Å². The molecule has 0 aliphatic heterocycles. The van der Waals surface area contributed by atoms with Crippen LogP contribution in [0.1, 0.15) is 16.8 Å². The summed E-state index contributed by atoms with van der Waals surface area (Å²) in [5.74, 6) is -1.50. The van der Waals surface area contributed by atoms with Crippen molar-refractivity contribution in [3.8, 4) is 11.5 Å². The summed E-state index contributed by atoms with van der Waals surface area (Å²) in [7, 11) is 0. The predicted molar refractivity (Wildman–Crippen MR) is 54.5 cm³/mol. The number of alkyl halides is 4. The molecule has 0 fully saturated rings. The molecule has 17 heavy (non-hydrogen) atoms. The molecule has 0 aliphatic rings. The highest BCUT2D eigenvalue weighted by atomic mass is 35.5. The molecule has 1 aromatic carbocycles. The van der Waals surface area contributed by atoms with Crippen LogP contribution in [0.15, 0.2) is 18.2 Å². The van der Waals surface area contributed by atoms with Gasteiger partial charge >= 0.3 is 6.36 Å². The molecule has 0 amide bonds. The van der Waals surface area contributed by atoms with Crippen molar-refractivity contribution in [1.82, 2.24) is 0 Å². The van der Waals surface area contributed by atoms with E-state index in [1.165, 1.54) is 0 Å². The zero-order valence-corrected chi connectivity index (χ0v) is 9.18. The second-order valence-corrected chi connectivity index (χ2v) is 3.47. The Bertz CT molecular complexity index is 418. The molecular formula is C10H8ClF3O3. The lowest BCUT2D eigenvalue weighted by Crippen LogP contribution is -2.17. The minimum Gasteiger partial charge on any atom is -0.507 e. The fourth-order valence-electron chi connectivity index (χ4n) is 1.16. The van der Waals surface area contributed by atoms with Crippen LogP contribution >= 0.6 is 11.6 Å². The number of benzene rings is 1. The van der Waals surface area contributed by atoms with Gasteiger partial charge < -0.3 is 9.84 Å². The van der Waals surface area contributed by atoms with Crippen LogP contribution < -0.4 is 4.74 Å². The molecule has 0 aliphatic carbocycles. The number of Topliss-reactive ketones (excluding diaryl/α,β-unsaturated/α-hetero) is 1. The normalized spacial score (nSPS) is 11.3. The smallest absolute Gasteiger partial charge is 0.507 e. The summed E-state index contributed by atoms with van der Waals surface area (Å²) in [6.45, 7) is 0. The fourth-order valence-corrected chi connectivity index (χ4v) is 1.33. The summed E-state index contributed by atoms with van der Waals surface area (Å²) in [4.78, 5) is 11.4. The third-order valence-electron chi connectivity index (χ3n) is 1.82. The Balaban J connectivity index is 2.98. The first-order valence-electron chi connectivity index (χ1n) is 4.51. The molecule has 94 valence electrons. The van der Waals surface area contributed by atoms with Gasteiger partial charge in [0.1, 0.15) is 11.5 Å². The Labute approximate surface area is 99.8 Å². The van der Waals surface area contributed by atoms with Crippen LogP contribution in [0.5, 0.6) is 11.5 Å². The summed E-state index contributed by atoms with van der Waals surface area (Å²) in [5, 5.41) is 9.33. The number of phenolic OH excluding ortho intramolecular Hbond substituents is 1. The lowest BCUT2D eigenvalue weighted by molar-refractivity contribution is -0.274. The highest BCUT2D eigenvalue weighted by molar-refractivity contribution is 6.19. The standard InChI is InChI=1S/C10H8ClF3O3/c11-4-3-9(16)7-5-6(1-2-8(7)15)17-10(12,13)14/h1-2,5,15H,3-4H2. The van der Waals surface area contributed by atoms with Crippen molar-refractivity contribution in [1.29, 1.82) is 0 Å². The molecule has 3 nitrogen and oxygen atoms in total. The Morgan fingerprint density at radius 3 is 2.59 bits per heavy atom. The molecule has 0 atom stereocenters.